The summed E-state index contributed by atoms with van der Waals surface area (Å²) in [6.45, 7) is -1.22. The zero-order chi connectivity index (χ0) is 25.5. The van der Waals surface area contributed by atoms with Crippen molar-refractivity contribution in [2.75, 3.05) is 6.61 Å². The topological polar surface area (TPSA) is 233 Å². The Hall–Kier alpha value is -2.49. The molecule has 1 aliphatic heterocycles. The van der Waals surface area contributed by atoms with Gasteiger partial charge in [0.25, 0.3) is 5.56 Å². The molecule has 0 aliphatic carbocycles. The molecule has 1 aliphatic rings. The lowest BCUT2D eigenvalue weighted by molar-refractivity contribution is -0.0547. The fourth-order valence-electron chi connectivity index (χ4n) is 3.49. The van der Waals surface area contributed by atoms with Crippen molar-refractivity contribution < 1.29 is 52.1 Å². The van der Waals surface area contributed by atoms with Crippen molar-refractivity contribution in [1.29, 1.82) is 0 Å². The van der Waals surface area contributed by atoms with Crippen LogP contribution >= 0.6 is 15.6 Å². The van der Waals surface area contributed by atoms with E-state index in [-0.39, 0.29) is 6.54 Å². The summed E-state index contributed by atoms with van der Waals surface area (Å²) in [4.78, 5) is 52.1. The Balaban J connectivity index is 1.56. The molecule has 18 heteroatoms. The summed E-state index contributed by atoms with van der Waals surface area (Å²) in [6.07, 6.45) is -5.53. The van der Waals surface area contributed by atoms with Crippen LogP contribution in [0.25, 0.3) is 11.0 Å². The standard InChI is InChI=1S/C17H19N3O13P2/c21-13-5-6-19(17(24)20(13)7-10-9-3-1-2-4-11(9)32-18-10)16-15(23)14(22)12(31-16)8-30-35(28,29)33-34(25,26)27/h1-6,12,14-16,22-23H,7-8H2,(H,28,29)(H2,25,26,27)/t12-,14?,15+,16-/m1/s1. The number of hydrogen-bond acceptors (Lipinski definition) is 11. The first-order valence-corrected chi connectivity index (χ1v) is 12.8. The Labute approximate surface area is 194 Å². The third-order valence-corrected chi connectivity index (χ3v) is 7.23. The zero-order valence-electron chi connectivity index (χ0n) is 17.4. The Kier molecular flexibility index (Phi) is 6.96. The van der Waals surface area contributed by atoms with Crippen molar-refractivity contribution in [2.24, 2.45) is 0 Å². The predicted octanol–water partition coefficient (Wildman–Crippen LogP) is -0.955. The maximum Gasteiger partial charge on any atom is 0.481 e. The molecule has 35 heavy (non-hydrogen) atoms. The van der Waals surface area contributed by atoms with Gasteiger partial charge in [-0.15, -0.1) is 0 Å². The van der Waals surface area contributed by atoms with E-state index in [1.165, 1.54) is 0 Å². The summed E-state index contributed by atoms with van der Waals surface area (Å²) in [7, 11) is -10.6. The van der Waals surface area contributed by atoms with Gasteiger partial charge in [-0.05, 0) is 12.1 Å². The second-order valence-electron chi connectivity index (χ2n) is 7.44. The summed E-state index contributed by atoms with van der Waals surface area (Å²) in [5.41, 5.74) is -0.890. The first kappa shape index (κ1) is 25.6. The number of rotatable bonds is 8. The van der Waals surface area contributed by atoms with Gasteiger partial charge in [0, 0.05) is 17.6 Å². The molecule has 5 atom stereocenters. The Morgan fingerprint density at radius 1 is 1.06 bits per heavy atom. The lowest BCUT2D eigenvalue weighted by Gasteiger charge is -2.19. The number of para-hydroxylation sites is 1. The minimum Gasteiger partial charge on any atom is -0.387 e. The van der Waals surface area contributed by atoms with E-state index in [9.17, 15) is 33.8 Å². The van der Waals surface area contributed by atoms with Crippen LogP contribution in [0.2, 0.25) is 0 Å². The average molecular weight is 535 g/mol. The molecular formula is C17H19N3O13P2. The number of fused-ring (bicyclic) bond motifs is 1. The third kappa shape index (κ3) is 5.52. The molecule has 3 heterocycles. The molecule has 1 saturated heterocycles. The number of aliphatic hydroxyl groups excluding tert-OH is 2. The van der Waals surface area contributed by atoms with Crippen molar-refractivity contribution in [3.05, 3.63) is 63.1 Å². The molecule has 4 rings (SSSR count). The van der Waals surface area contributed by atoms with Gasteiger partial charge >= 0.3 is 21.3 Å². The van der Waals surface area contributed by atoms with Crippen LogP contribution in [0.5, 0.6) is 0 Å². The smallest absolute Gasteiger partial charge is 0.387 e. The van der Waals surface area contributed by atoms with Gasteiger partial charge in [0.05, 0.1) is 13.2 Å². The van der Waals surface area contributed by atoms with E-state index < -0.39 is 58.0 Å². The van der Waals surface area contributed by atoms with Crippen molar-refractivity contribution in [3.8, 4) is 0 Å². The highest BCUT2D eigenvalue weighted by Gasteiger charge is 2.46. The van der Waals surface area contributed by atoms with Gasteiger partial charge in [-0.1, -0.05) is 17.3 Å². The summed E-state index contributed by atoms with van der Waals surface area (Å²) >= 11 is 0. The first-order chi connectivity index (χ1) is 16.4. The molecule has 0 bridgehead atoms. The molecule has 2 unspecified atom stereocenters. The lowest BCUT2D eigenvalue weighted by Crippen LogP contribution is -2.43. The van der Waals surface area contributed by atoms with Gasteiger partial charge in [-0.3, -0.25) is 18.5 Å². The molecule has 0 spiro atoms. The average Bonchev–Trinajstić information content (AvgIpc) is 3.30. The van der Waals surface area contributed by atoms with E-state index in [0.717, 1.165) is 21.4 Å². The molecule has 0 amide bonds. The molecule has 1 aromatic carbocycles. The van der Waals surface area contributed by atoms with Crippen molar-refractivity contribution in [2.45, 2.75) is 31.1 Å². The highest BCUT2D eigenvalue weighted by molar-refractivity contribution is 7.60. The van der Waals surface area contributed by atoms with Crippen LogP contribution < -0.4 is 11.2 Å². The molecule has 1 fully saturated rings. The number of phosphoric ester groups is 1. The van der Waals surface area contributed by atoms with Crippen LogP contribution in [0.1, 0.15) is 11.9 Å². The second kappa shape index (κ2) is 9.52. The van der Waals surface area contributed by atoms with Gasteiger partial charge in [0.1, 0.15) is 24.0 Å². The van der Waals surface area contributed by atoms with Gasteiger partial charge in [0.2, 0.25) is 0 Å². The van der Waals surface area contributed by atoms with E-state index in [0.29, 0.717) is 16.7 Å². The molecule has 3 aromatic rings. The van der Waals surface area contributed by atoms with Crippen LogP contribution in [0.3, 0.4) is 0 Å². The number of aromatic nitrogens is 3. The SMILES string of the molecule is O=c1ccn([C@@H]2O[C@H](COP(=O)(O)OP(=O)(O)O)C(O)[C@@H]2O)c(=O)n1Cc1noc2ccccc12. The Morgan fingerprint density at radius 3 is 2.49 bits per heavy atom. The van der Waals surface area contributed by atoms with Gasteiger partial charge < -0.3 is 34.2 Å². The van der Waals surface area contributed by atoms with Gasteiger partial charge in [-0.25, -0.2) is 13.9 Å². The maximum absolute atomic E-state index is 13.0. The van der Waals surface area contributed by atoms with Crippen molar-refractivity contribution in [1.82, 2.24) is 14.3 Å². The molecule has 0 radical (unpaired) electrons. The molecule has 190 valence electrons. The van der Waals surface area contributed by atoms with Crippen LogP contribution in [0.15, 0.2) is 50.6 Å². The second-order valence-corrected chi connectivity index (χ2v) is 10.3. The number of nitrogens with zero attached hydrogens (tertiary/aromatic N) is 3. The van der Waals surface area contributed by atoms with Crippen LogP contribution in [0.4, 0.5) is 0 Å². The third-order valence-electron chi connectivity index (χ3n) is 5.08. The van der Waals surface area contributed by atoms with E-state index in [2.05, 4.69) is 14.0 Å². The Bertz CT molecular complexity index is 1440. The van der Waals surface area contributed by atoms with Crippen LogP contribution in [0, 0.1) is 0 Å². The largest absolute Gasteiger partial charge is 0.481 e. The fraction of sp³-hybridized carbons (Fsp3) is 0.353. The lowest BCUT2D eigenvalue weighted by atomic mass is 10.1. The molecule has 16 nitrogen and oxygen atoms in total. The zero-order valence-corrected chi connectivity index (χ0v) is 19.2. The van der Waals surface area contributed by atoms with E-state index in [1.54, 1.807) is 24.3 Å². The highest BCUT2D eigenvalue weighted by Crippen LogP contribution is 2.57. The normalized spacial score (nSPS) is 24.6. The molecule has 0 saturated carbocycles. The summed E-state index contributed by atoms with van der Waals surface area (Å²) < 4.78 is 42.6. The summed E-state index contributed by atoms with van der Waals surface area (Å²) in [5.74, 6) is 0. The molecular weight excluding hydrogens is 516 g/mol. The van der Waals surface area contributed by atoms with Crippen LogP contribution in [-0.4, -0.2) is 64.1 Å². The van der Waals surface area contributed by atoms with Crippen LogP contribution in [-0.2, 0) is 29.2 Å². The number of aliphatic hydroxyl groups is 2. The number of benzene rings is 1. The minimum atomic E-state index is -5.37. The minimum absolute atomic E-state index is 0.277. The predicted molar refractivity (Wildman–Crippen MR) is 113 cm³/mol. The monoisotopic (exact) mass is 535 g/mol. The first-order valence-electron chi connectivity index (χ1n) is 9.77. The van der Waals surface area contributed by atoms with Crippen molar-refractivity contribution in [3.63, 3.8) is 0 Å². The molecule has 2 aromatic heterocycles. The van der Waals surface area contributed by atoms with E-state index >= 15 is 0 Å². The fourth-order valence-corrected chi connectivity index (χ4v) is 5.09. The number of hydrogen-bond donors (Lipinski definition) is 5. The summed E-state index contributed by atoms with van der Waals surface area (Å²) in [5, 5.41) is 25.1. The maximum atomic E-state index is 13.0. The number of ether oxygens (including phenoxy) is 1. The van der Waals surface area contributed by atoms with Gasteiger partial charge in [-0.2, -0.15) is 4.31 Å². The highest BCUT2D eigenvalue weighted by atomic mass is 31.3. The van der Waals surface area contributed by atoms with E-state index in [4.69, 9.17) is 19.0 Å². The molecule has 5 N–H and O–H groups in total. The Morgan fingerprint density at radius 2 is 1.77 bits per heavy atom. The van der Waals surface area contributed by atoms with Crippen molar-refractivity contribution >= 4 is 26.6 Å². The van der Waals surface area contributed by atoms with Gasteiger partial charge in [0.15, 0.2) is 11.8 Å². The summed E-state index contributed by atoms with van der Waals surface area (Å²) in [6, 6.07) is 7.80. The van der Waals surface area contributed by atoms with E-state index in [1.807, 2.05) is 0 Å². The quantitative estimate of drug-likeness (QED) is 0.219. The number of phosphoric acid groups is 2.